The Labute approximate surface area is 226 Å². The molecule has 0 aliphatic rings. The number of benzene rings is 3. The first kappa shape index (κ1) is 26.6. The van der Waals surface area contributed by atoms with Gasteiger partial charge < -0.3 is 15.6 Å². The van der Waals surface area contributed by atoms with Gasteiger partial charge in [0.2, 0.25) is 5.91 Å². The quantitative estimate of drug-likeness (QED) is 0.208. The van der Waals surface area contributed by atoms with Crippen molar-refractivity contribution in [3.05, 3.63) is 120 Å². The van der Waals surface area contributed by atoms with Crippen LogP contribution in [0.4, 0.5) is 23.2 Å². The number of carbonyl (C=O) groups is 2. The van der Waals surface area contributed by atoms with E-state index in [1.807, 2.05) is 24.3 Å². The summed E-state index contributed by atoms with van der Waals surface area (Å²) < 4.78 is 54.5. The van der Waals surface area contributed by atoms with Crippen LogP contribution in [-0.4, -0.2) is 27.8 Å². The van der Waals surface area contributed by atoms with Crippen LogP contribution in [0.25, 0.3) is 22.0 Å². The number of halogens is 4. The number of H-pyrrole nitrogens is 1. The minimum Gasteiger partial charge on any atom is -0.361 e. The van der Waals surface area contributed by atoms with E-state index < -0.39 is 35.4 Å². The van der Waals surface area contributed by atoms with E-state index >= 15 is 4.39 Å². The summed E-state index contributed by atoms with van der Waals surface area (Å²) in [6, 6.07) is 17.6. The van der Waals surface area contributed by atoms with Gasteiger partial charge >= 0.3 is 6.18 Å². The molecule has 202 valence electrons. The number of anilines is 1. The van der Waals surface area contributed by atoms with Crippen LogP contribution in [0, 0.1) is 5.82 Å². The van der Waals surface area contributed by atoms with E-state index in [2.05, 4.69) is 20.6 Å². The maximum atomic E-state index is 15.1. The molecule has 5 aromatic rings. The molecular formula is C30H22F4N4O2. The third-order valence-electron chi connectivity index (χ3n) is 6.41. The molecule has 5 rings (SSSR count). The Morgan fingerprint density at radius 1 is 0.900 bits per heavy atom. The zero-order chi connectivity index (χ0) is 28.3. The Kier molecular flexibility index (Phi) is 7.33. The van der Waals surface area contributed by atoms with Crippen molar-refractivity contribution >= 4 is 28.4 Å². The number of amides is 2. The molecule has 0 fully saturated rings. The number of pyridine rings is 1. The van der Waals surface area contributed by atoms with E-state index in [-0.39, 0.29) is 23.1 Å². The van der Waals surface area contributed by atoms with Crippen molar-refractivity contribution < 1.29 is 27.2 Å². The van der Waals surface area contributed by atoms with Gasteiger partial charge in [0, 0.05) is 41.6 Å². The van der Waals surface area contributed by atoms with Crippen LogP contribution in [0.5, 0.6) is 0 Å². The van der Waals surface area contributed by atoms with Crippen LogP contribution in [0.15, 0.2) is 97.5 Å². The molecule has 0 saturated carbocycles. The molecule has 0 unspecified atom stereocenters. The van der Waals surface area contributed by atoms with Gasteiger partial charge in [0.1, 0.15) is 11.9 Å². The molecule has 3 N–H and O–H groups in total. The monoisotopic (exact) mass is 546 g/mol. The number of carbonyl (C=O) groups excluding carboxylic acids is 2. The number of nitrogens with one attached hydrogen (secondary N) is 3. The van der Waals surface area contributed by atoms with E-state index in [4.69, 9.17) is 0 Å². The van der Waals surface area contributed by atoms with Crippen LogP contribution >= 0.6 is 0 Å². The average Bonchev–Trinajstić information content (AvgIpc) is 3.35. The fraction of sp³-hybridized carbons (Fsp3) is 0.100. The molecule has 0 aliphatic heterocycles. The lowest BCUT2D eigenvalue weighted by atomic mass is 10.00. The molecular weight excluding hydrogens is 524 g/mol. The summed E-state index contributed by atoms with van der Waals surface area (Å²) in [5, 5.41) is 6.22. The molecule has 0 radical (unpaired) electrons. The smallest absolute Gasteiger partial charge is 0.361 e. The predicted octanol–water partition coefficient (Wildman–Crippen LogP) is 6.37. The zero-order valence-corrected chi connectivity index (χ0v) is 20.8. The number of fused-ring (bicyclic) bond motifs is 1. The molecule has 0 aliphatic carbocycles. The normalized spacial score (nSPS) is 12.2. The van der Waals surface area contributed by atoms with Gasteiger partial charge in [-0.2, -0.15) is 13.2 Å². The largest absolute Gasteiger partial charge is 0.416 e. The van der Waals surface area contributed by atoms with Gasteiger partial charge in [-0.05, 0) is 59.2 Å². The number of aromatic amines is 1. The molecule has 3 aromatic carbocycles. The third-order valence-corrected chi connectivity index (χ3v) is 6.41. The molecule has 40 heavy (non-hydrogen) atoms. The highest BCUT2D eigenvalue weighted by atomic mass is 19.4. The number of hydrogen-bond donors (Lipinski definition) is 3. The van der Waals surface area contributed by atoms with Crippen LogP contribution in [-0.2, 0) is 17.4 Å². The SMILES string of the molecule is O=C(N[C@H](Cc1c[nH]c2ccccc12)C(=O)Nc1ccncc1)c1ccc(-c2cccc(C(F)(F)F)c2)cc1F. The third kappa shape index (κ3) is 5.85. The van der Waals surface area contributed by atoms with E-state index in [1.54, 1.807) is 18.3 Å². The highest BCUT2D eigenvalue weighted by Gasteiger charge is 2.30. The van der Waals surface area contributed by atoms with Gasteiger partial charge in [-0.25, -0.2) is 4.39 Å². The number of para-hydroxylation sites is 1. The number of alkyl halides is 3. The summed E-state index contributed by atoms with van der Waals surface area (Å²) in [5.74, 6) is -2.30. The van der Waals surface area contributed by atoms with Gasteiger partial charge in [-0.15, -0.1) is 0 Å². The van der Waals surface area contributed by atoms with Crippen molar-refractivity contribution in [2.24, 2.45) is 0 Å². The lowest BCUT2D eigenvalue weighted by Gasteiger charge is -2.19. The molecule has 0 spiro atoms. The van der Waals surface area contributed by atoms with Crippen molar-refractivity contribution in [1.82, 2.24) is 15.3 Å². The van der Waals surface area contributed by atoms with Crippen LogP contribution in [0.1, 0.15) is 21.5 Å². The Bertz CT molecular complexity index is 1680. The van der Waals surface area contributed by atoms with Crippen molar-refractivity contribution in [2.45, 2.75) is 18.6 Å². The summed E-state index contributed by atoms with van der Waals surface area (Å²) in [5.41, 5.74) is 1.19. The molecule has 10 heteroatoms. The number of nitrogens with zero attached hydrogens (tertiary/aromatic N) is 1. The highest BCUT2D eigenvalue weighted by molar-refractivity contribution is 6.02. The fourth-order valence-corrected chi connectivity index (χ4v) is 4.38. The Morgan fingerprint density at radius 3 is 2.40 bits per heavy atom. The summed E-state index contributed by atoms with van der Waals surface area (Å²) in [6.07, 6.45) is 0.310. The molecule has 2 aromatic heterocycles. The second-order valence-corrected chi connectivity index (χ2v) is 9.09. The minimum atomic E-state index is -4.55. The molecule has 6 nitrogen and oxygen atoms in total. The van der Waals surface area contributed by atoms with Crippen molar-refractivity contribution in [2.75, 3.05) is 5.32 Å². The van der Waals surface area contributed by atoms with Crippen LogP contribution < -0.4 is 10.6 Å². The van der Waals surface area contributed by atoms with E-state index in [1.165, 1.54) is 36.7 Å². The summed E-state index contributed by atoms with van der Waals surface area (Å²) in [4.78, 5) is 33.4. The van der Waals surface area contributed by atoms with Crippen molar-refractivity contribution in [3.63, 3.8) is 0 Å². The summed E-state index contributed by atoms with van der Waals surface area (Å²) in [6.45, 7) is 0. The lowest BCUT2D eigenvalue weighted by Crippen LogP contribution is -2.45. The second kappa shape index (κ2) is 11.0. The maximum Gasteiger partial charge on any atom is 0.416 e. The van der Waals surface area contributed by atoms with Gasteiger partial charge in [0.15, 0.2) is 0 Å². The maximum absolute atomic E-state index is 15.1. The Hall–Kier alpha value is -4.99. The first-order valence-electron chi connectivity index (χ1n) is 12.2. The van der Waals surface area contributed by atoms with E-state index in [0.29, 0.717) is 5.69 Å². The standard InChI is InChI=1S/C30H22F4N4O2/c31-25-15-19(18-4-3-5-21(14-18)30(32,33)34)8-9-24(25)28(39)38-27(29(40)37-22-10-12-35-13-11-22)16-20-17-36-26-7-2-1-6-23(20)26/h1-15,17,27,36H,16H2,(H,38,39)(H,35,37,40)/t27-/m1/s1. The predicted molar refractivity (Wildman–Crippen MR) is 143 cm³/mol. The van der Waals surface area contributed by atoms with Gasteiger partial charge in [0.25, 0.3) is 5.91 Å². The average molecular weight is 547 g/mol. The van der Waals surface area contributed by atoms with E-state index in [9.17, 15) is 22.8 Å². The number of hydrogen-bond acceptors (Lipinski definition) is 3. The Morgan fingerprint density at radius 2 is 1.65 bits per heavy atom. The van der Waals surface area contributed by atoms with Gasteiger partial charge in [0.05, 0.1) is 11.1 Å². The van der Waals surface area contributed by atoms with E-state index in [0.717, 1.165) is 34.7 Å². The van der Waals surface area contributed by atoms with Crippen molar-refractivity contribution in [3.8, 4) is 11.1 Å². The molecule has 2 amide bonds. The Balaban J connectivity index is 1.40. The zero-order valence-electron chi connectivity index (χ0n) is 20.8. The summed E-state index contributed by atoms with van der Waals surface area (Å²) in [7, 11) is 0. The number of aromatic nitrogens is 2. The first-order valence-corrected chi connectivity index (χ1v) is 12.2. The van der Waals surface area contributed by atoms with Crippen LogP contribution in [0.3, 0.4) is 0 Å². The first-order chi connectivity index (χ1) is 19.2. The number of rotatable bonds is 7. The highest BCUT2D eigenvalue weighted by Crippen LogP contribution is 2.32. The van der Waals surface area contributed by atoms with Gasteiger partial charge in [-0.3, -0.25) is 14.6 Å². The minimum absolute atomic E-state index is 0.108. The second-order valence-electron chi connectivity index (χ2n) is 9.09. The fourth-order valence-electron chi connectivity index (χ4n) is 4.38. The topological polar surface area (TPSA) is 86.9 Å². The van der Waals surface area contributed by atoms with Gasteiger partial charge in [-0.1, -0.05) is 36.4 Å². The molecule has 2 heterocycles. The van der Waals surface area contributed by atoms with Crippen molar-refractivity contribution in [1.29, 1.82) is 0 Å². The van der Waals surface area contributed by atoms with Crippen LogP contribution in [0.2, 0.25) is 0 Å². The molecule has 1 atom stereocenters. The lowest BCUT2D eigenvalue weighted by molar-refractivity contribution is -0.137. The molecule has 0 bridgehead atoms. The molecule has 0 saturated heterocycles. The summed E-state index contributed by atoms with van der Waals surface area (Å²) >= 11 is 0.